The van der Waals surface area contributed by atoms with Crippen LogP contribution in [0.1, 0.15) is 31.7 Å². The molecule has 0 amide bonds. The number of hydrogen-bond acceptors (Lipinski definition) is 3. The van der Waals surface area contributed by atoms with E-state index in [1.54, 1.807) is 0 Å². The minimum atomic E-state index is 0.425. The van der Waals surface area contributed by atoms with Gasteiger partial charge in [-0.15, -0.1) is 0 Å². The van der Waals surface area contributed by atoms with Gasteiger partial charge >= 0.3 is 0 Å². The lowest BCUT2D eigenvalue weighted by Gasteiger charge is -2.30. The first-order chi connectivity index (χ1) is 8.85. The third-order valence-electron chi connectivity index (χ3n) is 3.88. The van der Waals surface area contributed by atoms with Gasteiger partial charge in [-0.1, -0.05) is 6.92 Å². The first kappa shape index (κ1) is 11.8. The highest BCUT2D eigenvalue weighted by Gasteiger charge is 2.21. The third-order valence-corrected chi connectivity index (χ3v) is 3.88. The van der Waals surface area contributed by atoms with Crippen molar-refractivity contribution in [2.75, 3.05) is 18.5 Å². The second-order valence-corrected chi connectivity index (χ2v) is 5.19. The Labute approximate surface area is 108 Å². The van der Waals surface area contributed by atoms with Crippen LogP contribution < -0.4 is 10.1 Å². The number of nitrogens with one attached hydrogen (secondary N) is 1. The molecule has 1 aromatic carbocycles. The van der Waals surface area contributed by atoms with Gasteiger partial charge in [-0.25, -0.2) is 0 Å². The molecule has 2 atom stereocenters. The summed E-state index contributed by atoms with van der Waals surface area (Å²) < 4.78 is 11.2. The van der Waals surface area contributed by atoms with E-state index in [-0.39, 0.29) is 0 Å². The van der Waals surface area contributed by atoms with Crippen LogP contribution in [0.3, 0.4) is 0 Å². The van der Waals surface area contributed by atoms with Crippen molar-refractivity contribution in [1.82, 2.24) is 0 Å². The fourth-order valence-corrected chi connectivity index (χ4v) is 2.81. The maximum atomic E-state index is 5.71. The predicted octanol–water partition coefficient (Wildman–Crippen LogP) is 2.99. The van der Waals surface area contributed by atoms with Gasteiger partial charge in [-0.3, -0.25) is 0 Å². The van der Waals surface area contributed by atoms with E-state index in [2.05, 4.69) is 30.4 Å². The summed E-state index contributed by atoms with van der Waals surface area (Å²) >= 11 is 0. The molecule has 0 aromatic heterocycles. The van der Waals surface area contributed by atoms with Crippen molar-refractivity contribution in [3.8, 4) is 5.75 Å². The highest BCUT2D eigenvalue weighted by molar-refractivity contribution is 5.53. The Balaban J connectivity index is 1.65. The molecule has 3 heteroatoms. The number of hydrogen-bond donors (Lipinski definition) is 1. The average Bonchev–Trinajstić information content (AvgIpc) is 2.86. The summed E-state index contributed by atoms with van der Waals surface area (Å²) in [6.07, 6.45) is 4.79. The Morgan fingerprint density at radius 3 is 3.17 bits per heavy atom. The summed E-state index contributed by atoms with van der Waals surface area (Å²) in [6.45, 7) is 3.90. The summed E-state index contributed by atoms with van der Waals surface area (Å²) in [5, 5.41) is 3.64. The molecule has 2 heterocycles. The van der Waals surface area contributed by atoms with Crippen molar-refractivity contribution in [2.24, 2.45) is 0 Å². The number of rotatable bonds is 3. The molecule has 0 radical (unpaired) electrons. The minimum Gasteiger partial charge on any atom is -0.493 e. The topological polar surface area (TPSA) is 30.5 Å². The number of ether oxygens (including phenoxy) is 2. The van der Waals surface area contributed by atoms with E-state index in [4.69, 9.17) is 9.47 Å². The first-order valence-corrected chi connectivity index (χ1v) is 6.99. The van der Waals surface area contributed by atoms with Crippen LogP contribution in [0.4, 0.5) is 5.69 Å². The number of benzene rings is 1. The molecule has 1 fully saturated rings. The maximum Gasteiger partial charge on any atom is 0.122 e. The van der Waals surface area contributed by atoms with E-state index in [0.29, 0.717) is 12.1 Å². The third kappa shape index (κ3) is 2.46. The smallest absolute Gasteiger partial charge is 0.122 e. The van der Waals surface area contributed by atoms with Crippen LogP contribution in [0.15, 0.2) is 18.2 Å². The molecule has 3 nitrogen and oxygen atoms in total. The largest absolute Gasteiger partial charge is 0.493 e. The van der Waals surface area contributed by atoms with Crippen molar-refractivity contribution in [3.63, 3.8) is 0 Å². The second kappa shape index (κ2) is 5.19. The minimum absolute atomic E-state index is 0.425. The molecule has 2 unspecified atom stereocenters. The SMILES string of the molecule is CCC1CC(Nc2ccc3c(c2)CCO3)CCO1. The molecular formula is C15H21NO2. The van der Waals surface area contributed by atoms with Gasteiger partial charge in [-0.05, 0) is 43.0 Å². The van der Waals surface area contributed by atoms with Crippen molar-refractivity contribution in [2.45, 2.75) is 44.8 Å². The van der Waals surface area contributed by atoms with Crippen molar-refractivity contribution >= 4 is 5.69 Å². The summed E-state index contributed by atoms with van der Waals surface area (Å²) in [5.74, 6) is 1.05. The van der Waals surface area contributed by atoms with Crippen LogP contribution in [0.2, 0.25) is 0 Å². The highest BCUT2D eigenvalue weighted by Crippen LogP contribution is 2.29. The number of anilines is 1. The molecule has 1 saturated heterocycles. The van der Waals surface area contributed by atoms with Crippen molar-refractivity contribution in [3.05, 3.63) is 23.8 Å². The lowest BCUT2D eigenvalue weighted by atomic mass is 10.0. The van der Waals surface area contributed by atoms with Gasteiger partial charge in [-0.2, -0.15) is 0 Å². The Hall–Kier alpha value is -1.22. The predicted molar refractivity (Wildman–Crippen MR) is 72.3 cm³/mol. The monoisotopic (exact) mass is 247 g/mol. The highest BCUT2D eigenvalue weighted by atomic mass is 16.5. The average molecular weight is 247 g/mol. The van der Waals surface area contributed by atoms with Gasteiger partial charge in [0.1, 0.15) is 5.75 Å². The Morgan fingerprint density at radius 2 is 2.28 bits per heavy atom. The van der Waals surface area contributed by atoms with Gasteiger partial charge in [0, 0.05) is 24.8 Å². The Bertz CT molecular complexity index is 419. The zero-order chi connectivity index (χ0) is 12.4. The molecule has 18 heavy (non-hydrogen) atoms. The van der Waals surface area contributed by atoms with Crippen LogP contribution in [0.5, 0.6) is 5.75 Å². The van der Waals surface area contributed by atoms with Gasteiger partial charge in [0.25, 0.3) is 0 Å². The number of fused-ring (bicyclic) bond motifs is 1. The molecule has 1 N–H and O–H groups in total. The molecule has 3 rings (SSSR count). The lowest BCUT2D eigenvalue weighted by Crippen LogP contribution is -2.33. The Morgan fingerprint density at radius 1 is 1.33 bits per heavy atom. The fourth-order valence-electron chi connectivity index (χ4n) is 2.81. The van der Waals surface area contributed by atoms with Crippen LogP contribution in [0.25, 0.3) is 0 Å². The zero-order valence-electron chi connectivity index (χ0n) is 10.9. The molecule has 0 aliphatic carbocycles. The van der Waals surface area contributed by atoms with Crippen LogP contribution in [-0.2, 0) is 11.2 Å². The molecule has 2 aliphatic heterocycles. The maximum absolute atomic E-state index is 5.71. The van der Waals surface area contributed by atoms with Gasteiger partial charge < -0.3 is 14.8 Å². The van der Waals surface area contributed by atoms with Crippen LogP contribution in [-0.4, -0.2) is 25.4 Å². The molecular weight excluding hydrogens is 226 g/mol. The zero-order valence-corrected chi connectivity index (χ0v) is 10.9. The summed E-state index contributed by atoms with van der Waals surface area (Å²) in [6, 6.07) is 6.99. The van der Waals surface area contributed by atoms with Crippen LogP contribution in [0, 0.1) is 0 Å². The summed E-state index contributed by atoms with van der Waals surface area (Å²) in [5.41, 5.74) is 2.56. The summed E-state index contributed by atoms with van der Waals surface area (Å²) in [7, 11) is 0. The van der Waals surface area contributed by atoms with E-state index in [0.717, 1.165) is 44.6 Å². The molecule has 2 aliphatic rings. The van der Waals surface area contributed by atoms with Crippen LogP contribution >= 0.6 is 0 Å². The Kier molecular flexibility index (Phi) is 3.41. The van der Waals surface area contributed by atoms with E-state index < -0.39 is 0 Å². The van der Waals surface area contributed by atoms with Crippen molar-refractivity contribution < 1.29 is 9.47 Å². The summed E-state index contributed by atoms with van der Waals surface area (Å²) in [4.78, 5) is 0. The normalized spacial score (nSPS) is 26.5. The van der Waals surface area contributed by atoms with E-state index >= 15 is 0 Å². The van der Waals surface area contributed by atoms with E-state index in [1.165, 1.54) is 11.3 Å². The van der Waals surface area contributed by atoms with Gasteiger partial charge in [0.2, 0.25) is 0 Å². The van der Waals surface area contributed by atoms with Gasteiger partial charge in [0.05, 0.1) is 12.7 Å². The molecule has 0 saturated carbocycles. The quantitative estimate of drug-likeness (QED) is 0.890. The van der Waals surface area contributed by atoms with E-state index in [1.807, 2.05) is 0 Å². The molecule has 1 aromatic rings. The second-order valence-electron chi connectivity index (χ2n) is 5.19. The van der Waals surface area contributed by atoms with E-state index in [9.17, 15) is 0 Å². The molecule has 98 valence electrons. The lowest BCUT2D eigenvalue weighted by molar-refractivity contribution is 0.00925. The standard InChI is InChI=1S/C15H21NO2/c1-2-14-10-13(6-8-17-14)16-12-3-4-15-11(9-12)5-7-18-15/h3-4,9,13-14,16H,2,5-8,10H2,1H3. The fraction of sp³-hybridized carbons (Fsp3) is 0.600. The molecule has 0 spiro atoms. The first-order valence-electron chi connectivity index (χ1n) is 6.99. The molecule has 0 bridgehead atoms. The van der Waals surface area contributed by atoms with Crippen molar-refractivity contribution in [1.29, 1.82) is 0 Å². The van der Waals surface area contributed by atoms with Gasteiger partial charge in [0.15, 0.2) is 0 Å².